The molecule has 204 valence electrons. The number of carbonyl (C=O) groups excluding carboxylic acids is 1. The van der Waals surface area contributed by atoms with Crippen LogP contribution in [0.5, 0.6) is 0 Å². The minimum atomic E-state index is -0.636. The lowest BCUT2D eigenvalue weighted by molar-refractivity contribution is -0.160. The van der Waals surface area contributed by atoms with Gasteiger partial charge in [-0.15, -0.1) is 0 Å². The monoisotopic (exact) mass is 529 g/mol. The Hall–Kier alpha value is -3.49. The van der Waals surface area contributed by atoms with Crippen LogP contribution in [0.15, 0.2) is 103 Å². The van der Waals surface area contributed by atoms with Crippen molar-refractivity contribution in [1.82, 2.24) is 4.90 Å². The molecule has 0 aromatic heterocycles. The molecule has 2 heterocycles. The molecule has 5 rings (SSSR count). The summed E-state index contributed by atoms with van der Waals surface area (Å²) in [7, 11) is 0. The van der Waals surface area contributed by atoms with Crippen molar-refractivity contribution in [3.05, 3.63) is 120 Å². The van der Waals surface area contributed by atoms with E-state index in [1.807, 2.05) is 91.0 Å². The highest BCUT2D eigenvalue weighted by Crippen LogP contribution is 2.29. The summed E-state index contributed by atoms with van der Waals surface area (Å²) in [6, 6.07) is 29.9. The second-order valence-corrected chi connectivity index (χ2v) is 9.63. The molecule has 0 bridgehead atoms. The molecule has 1 fully saturated rings. The third kappa shape index (κ3) is 7.55. The Morgan fingerprint density at radius 1 is 0.744 bits per heavy atom. The Bertz CT molecular complexity index is 1180. The van der Waals surface area contributed by atoms with Gasteiger partial charge in [-0.1, -0.05) is 91.0 Å². The lowest BCUT2D eigenvalue weighted by Gasteiger charge is -2.39. The summed E-state index contributed by atoms with van der Waals surface area (Å²) < 4.78 is 30.6. The van der Waals surface area contributed by atoms with Crippen LogP contribution >= 0.6 is 0 Å². The standard InChI is InChI=1S/C32H35NO6/c34-32(33-16-18-35-19-17-33)28-23-37-29(24-36-20-25-10-4-1-5-11-25)31(39-22-27-14-8-3-9-15-27)30(28)38-21-26-12-6-2-7-13-26/h1-15,23,29-31H,16-22,24H2/t29-,30-,31-/m1/s1. The first-order valence-electron chi connectivity index (χ1n) is 13.4. The van der Waals surface area contributed by atoms with Crippen LogP contribution in [0.2, 0.25) is 0 Å². The molecule has 0 spiro atoms. The second-order valence-electron chi connectivity index (χ2n) is 9.63. The van der Waals surface area contributed by atoms with Gasteiger partial charge < -0.3 is 28.6 Å². The van der Waals surface area contributed by atoms with Crippen LogP contribution in [0, 0.1) is 0 Å². The average Bonchev–Trinajstić information content (AvgIpc) is 3.01. The molecule has 2 aliphatic rings. The summed E-state index contributed by atoms with van der Waals surface area (Å²) in [6.45, 7) is 3.51. The van der Waals surface area contributed by atoms with Crippen LogP contribution in [0.3, 0.4) is 0 Å². The SMILES string of the molecule is O=C(C1=CO[C@H](COCc2ccccc2)[C@@H](OCc2ccccc2)[C@@H]1OCc1ccccc1)N1CCOCC1. The number of benzene rings is 3. The smallest absolute Gasteiger partial charge is 0.255 e. The summed E-state index contributed by atoms with van der Waals surface area (Å²) in [5.74, 6) is -0.117. The summed E-state index contributed by atoms with van der Waals surface area (Å²) in [5.41, 5.74) is 3.57. The summed E-state index contributed by atoms with van der Waals surface area (Å²) >= 11 is 0. The highest BCUT2D eigenvalue weighted by atomic mass is 16.6. The van der Waals surface area contributed by atoms with Crippen molar-refractivity contribution >= 4 is 5.91 Å². The molecule has 0 saturated carbocycles. The van der Waals surface area contributed by atoms with Crippen molar-refractivity contribution < 1.29 is 28.5 Å². The molecule has 7 heteroatoms. The molecule has 0 N–H and O–H groups in total. The quantitative estimate of drug-likeness (QED) is 0.364. The first-order chi connectivity index (χ1) is 19.3. The fraction of sp³-hybridized carbons (Fsp3) is 0.344. The Balaban J connectivity index is 1.37. The van der Waals surface area contributed by atoms with Crippen molar-refractivity contribution in [2.45, 2.75) is 38.1 Å². The normalized spacial score (nSPS) is 21.2. The number of hydrogen-bond acceptors (Lipinski definition) is 6. The number of rotatable bonds is 11. The maximum absolute atomic E-state index is 13.7. The molecule has 3 aromatic rings. The van der Waals surface area contributed by atoms with Gasteiger partial charge in [0.2, 0.25) is 0 Å². The molecule has 3 atom stereocenters. The fourth-order valence-electron chi connectivity index (χ4n) is 4.71. The number of morpholine rings is 1. The van der Waals surface area contributed by atoms with Crippen molar-refractivity contribution in [1.29, 1.82) is 0 Å². The van der Waals surface area contributed by atoms with E-state index in [0.29, 0.717) is 51.7 Å². The maximum Gasteiger partial charge on any atom is 0.255 e. The van der Waals surface area contributed by atoms with Gasteiger partial charge >= 0.3 is 0 Å². The van der Waals surface area contributed by atoms with Crippen LogP contribution in [0.4, 0.5) is 0 Å². The van der Waals surface area contributed by atoms with Crippen molar-refractivity contribution in [2.24, 2.45) is 0 Å². The fourth-order valence-corrected chi connectivity index (χ4v) is 4.71. The topological polar surface area (TPSA) is 66.5 Å². The van der Waals surface area contributed by atoms with E-state index in [-0.39, 0.29) is 12.5 Å². The van der Waals surface area contributed by atoms with Crippen LogP contribution in [0.1, 0.15) is 16.7 Å². The van der Waals surface area contributed by atoms with Crippen LogP contribution < -0.4 is 0 Å². The zero-order chi connectivity index (χ0) is 26.7. The maximum atomic E-state index is 13.7. The Morgan fingerprint density at radius 2 is 1.28 bits per heavy atom. The van der Waals surface area contributed by atoms with Crippen LogP contribution in [-0.4, -0.2) is 62.0 Å². The molecular formula is C32H35NO6. The molecule has 2 aliphatic heterocycles. The van der Waals surface area contributed by atoms with Crippen molar-refractivity contribution in [3.63, 3.8) is 0 Å². The van der Waals surface area contributed by atoms with Gasteiger partial charge in [0.25, 0.3) is 5.91 Å². The van der Waals surface area contributed by atoms with Gasteiger partial charge in [0.15, 0.2) is 0 Å². The van der Waals surface area contributed by atoms with Gasteiger partial charge in [0.05, 0.1) is 51.5 Å². The third-order valence-electron chi connectivity index (χ3n) is 6.84. The molecular weight excluding hydrogens is 494 g/mol. The van der Waals surface area contributed by atoms with Gasteiger partial charge in [0.1, 0.15) is 18.3 Å². The predicted molar refractivity (Wildman–Crippen MR) is 146 cm³/mol. The van der Waals surface area contributed by atoms with Crippen molar-refractivity contribution in [2.75, 3.05) is 32.9 Å². The van der Waals surface area contributed by atoms with E-state index in [0.717, 1.165) is 16.7 Å². The molecule has 0 unspecified atom stereocenters. The molecule has 1 amide bonds. The van der Waals surface area contributed by atoms with E-state index < -0.39 is 18.3 Å². The lowest BCUT2D eigenvalue weighted by Crippen LogP contribution is -2.52. The predicted octanol–water partition coefficient (Wildman–Crippen LogP) is 4.52. The minimum Gasteiger partial charge on any atom is -0.492 e. The van der Waals surface area contributed by atoms with Gasteiger partial charge in [-0.25, -0.2) is 0 Å². The number of carbonyl (C=O) groups is 1. The molecule has 0 aliphatic carbocycles. The molecule has 7 nitrogen and oxygen atoms in total. The average molecular weight is 530 g/mol. The van der Waals surface area contributed by atoms with E-state index >= 15 is 0 Å². The Kier molecular flexibility index (Phi) is 9.76. The van der Waals surface area contributed by atoms with Gasteiger partial charge in [0, 0.05) is 13.1 Å². The molecule has 0 radical (unpaired) electrons. The van der Waals surface area contributed by atoms with Gasteiger partial charge in [-0.3, -0.25) is 4.79 Å². The minimum absolute atomic E-state index is 0.117. The molecule has 1 saturated heterocycles. The van der Waals surface area contributed by atoms with Gasteiger partial charge in [-0.2, -0.15) is 0 Å². The first-order valence-corrected chi connectivity index (χ1v) is 13.4. The third-order valence-corrected chi connectivity index (χ3v) is 6.84. The van der Waals surface area contributed by atoms with Crippen LogP contribution in [-0.2, 0) is 48.3 Å². The van der Waals surface area contributed by atoms with E-state index in [1.54, 1.807) is 11.2 Å². The Morgan fingerprint density at radius 3 is 1.87 bits per heavy atom. The first kappa shape index (κ1) is 27.1. The van der Waals surface area contributed by atoms with Crippen LogP contribution in [0.25, 0.3) is 0 Å². The zero-order valence-electron chi connectivity index (χ0n) is 22.0. The Labute approximate surface area is 229 Å². The van der Waals surface area contributed by atoms with E-state index in [1.165, 1.54) is 0 Å². The molecule has 39 heavy (non-hydrogen) atoms. The second kappa shape index (κ2) is 14.1. The number of nitrogens with zero attached hydrogens (tertiary/aromatic N) is 1. The van der Waals surface area contributed by atoms with E-state index in [4.69, 9.17) is 23.7 Å². The summed E-state index contributed by atoms with van der Waals surface area (Å²) in [4.78, 5) is 15.4. The van der Waals surface area contributed by atoms with Crippen molar-refractivity contribution in [3.8, 4) is 0 Å². The summed E-state index contributed by atoms with van der Waals surface area (Å²) in [5, 5.41) is 0. The lowest BCUT2D eigenvalue weighted by atomic mass is 9.97. The number of ether oxygens (including phenoxy) is 5. The summed E-state index contributed by atoms with van der Waals surface area (Å²) in [6.07, 6.45) is -0.107. The van der Waals surface area contributed by atoms with E-state index in [2.05, 4.69) is 0 Å². The molecule has 3 aromatic carbocycles. The number of amides is 1. The number of hydrogen-bond donors (Lipinski definition) is 0. The van der Waals surface area contributed by atoms with Gasteiger partial charge in [-0.05, 0) is 16.7 Å². The largest absolute Gasteiger partial charge is 0.492 e. The highest BCUT2D eigenvalue weighted by Gasteiger charge is 2.42. The highest BCUT2D eigenvalue weighted by molar-refractivity contribution is 5.94. The zero-order valence-corrected chi connectivity index (χ0v) is 22.0. The van der Waals surface area contributed by atoms with E-state index in [9.17, 15) is 4.79 Å².